The van der Waals surface area contributed by atoms with Gasteiger partial charge in [0, 0.05) is 31.3 Å². The molecule has 9 heteroatoms. The van der Waals surface area contributed by atoms with Crippen LogP contribution in [-0.2, 0) is 22.7 Å². The van der Waals surface area contributed by atoms with Gasteiger partial charge in [0.2, 0.25) is 5.91 Å². The average molecular weight is 412 g/mol. The minimum Gasteiger partial charge on any atom is -0.493 e. The number of carbonyl (C=O) groups excluding carboxylic acids is 2. The fraction of sp³-hybridized carbons (Fsp3) is 0.286. The number of hydrogen-bond acceptors (Lipinski definition) is 5. The van der Waals surface area contributed by atoms with Gasteiger partial charge < -0.3 is 20.5 Å². The summed E-state index contributed by atoms with van der Waals surface area (Å²) in [7, 11) is 1.47. The predicted molar refractivity (Wildman–Crippen MR) is 113 cm³/mol. The topological polar surface area (TPSA) is 118 Å². The molecule has 0 bridgehead atoms. The summed E-state index contributed by atoms with van der Waals surface area (Å²) >= 11 is 0. The number of nitrogens with one attached hydrogen (secondary N) is 1. The third-order valence-electron chi connectivity index (χ3n) is 4.62. The van der Waals surface area contributed by atoms with Crippen LogP contribution in [0.5, 0.6) is 11.5 Å². The minimum atomic E-state index is -0.622. The molecule has 3 N–H and O–H groups in total. The normalized spacial score (nSPS) is 10.7. The van der Waals surface area contributed by atoms with E-state index in [1.54, 1.807) is 27.3 Å². The Morgan fingerprint density at radius 2 is 1.77 bits per heavy atom. The Kier molecular flexibility index (Phi) is 6.41. The zero-order valence-electron chi connectivity index (χ0n) is 16.9. The maximum atomic E-state index is 12.7. The molecule has 30 heavy (non-hydrogen) atoms. The second-order valence-electron chi connectivity index (χ2n) is 6.59. The van der Waals surface area contributed by atoms with Crippen molar-refractivity contribution in [1.29, 1.82) is 0 Å². The summed E-state index contributed by atoms with van der Waals surface area (Å²) in [6.07, 6.45) is 0.112. The molecule has 0 fully saturated rings. The van der Waals surface area contributed by atoms with Crippen LogP contribution < -0.4 is 26.2 Å². The number of ether oxygens (including phenoxy) is 2. The van der Waals surface area contributed by atoms with E-state index in [4.69, 9.17) is 15.2 Å². The van der Waals surface area contributed by atoms with E-state index in [2.05, 4.69) is 5.32 Å². The van der Waals surface area contributed by atoms with Crippen LogP contribution >= 0.6 is 0 Å². The van der Waals surface area contributed by atoms with Crippen molar-refractivity contribution in [3.63, 3.8) is 0 Å². The number of amides is 2. The van der Waals surface area contributed by atoms with Crippen LogP contribution in [0, 0.1) is 0 Å². The fourth-order valence-electron chi connectivity index (χ4n) is 3.25. The van der Waals surface area contributed by atoms with Crippen molar-refractivity contribution in [2.45, 2.75) is 26.4 Å². The molecular formula is C21H24N4O5. The number of benzene rings is 2. The molecule has 0 spiro atoms. The van der Waals surface area contributed by atoms with Gasteiger partial charge in [-0.25, -0.2) is 4.79 Å². The van der Waals surface area contributed by atoms with Crippen LogP contribution in [0.15, 0.2) is 47.3 Å². The lowest BCUT2D eigenvalue weighted by Gasteiger charge is -2.12. The molecule has 1 heterocycles. The fourth-order valence-corrected chi connectivity index (χ4v) is 3.25. The van der Waals surface area contributed by atoms with Gasteiger partial charge in [-0.1, -0.05) is 12.1 Å². The second kappa shape index (κ2) is 9.17. The van der Waals surface area contributed by atoms with Crippen molar-refractivity contribution in [2.75, 3.05) is 19.0 Å². The summed E-state index contributed by atoms with van der Waals surface area (Å²) in [5.41, 5.74) is 7.08. The van der Waals surface area contributed by atoms with E-state index in [1.165, 1.54) is 7.11 Å². The number of nitrogens with two attached hydrogens (primary N) is 1. The number of aromatic nitrogens is 2. The first-order chi connectivity index (χ1) is 14.4. The third-order valence-corrected chi connectivity index (χ3v) is 4.62. The Hall–Kier alpha value is -3.75. The molecule has 0 atom stereocenters. The smallest absolute Gasteiger partial charge is 0.329 e. The van der Waals surface area contributed by atoms with Crippen molar-refractivity contribution < 1.29 is 19.1 Å². The third kappa shape index (κ3) is 4.45. The Morgan fingerprint density at radius 3 is 2.40 bits per heavy atom. The average Bonchev–Trinajstić information content (AvgIpc) is 3.01. The number of methoxy groups -OCH3 is 1. The maximum Gasteiger partial charge on any atom is 0.329 e. The van der Waals surface area contributed by atoms with Gasteiger partial charge in [0.15, 0.2) is 18.1 Å². The minimum absolute atomic E-state index is 0.112. The molecule has 0 aliphatic rings. The lowest BCUT2D eigenvalue weighted by Crippen LogP contribution is -2.25. The molecule has 1 aromatic heterocycles. The monoisotopic (exact) mass is 412 g/mol. The van der Waals surface area contributed by atoms with Gasteiger partial charge in [-0.2, -0.15) is 0 Å². The molecule has 0 aliphatic carbocycles. The summed E-state index contributed by atoms with van der Waals surface area (Å²) in [5.74, 6) is -0.186. The van der Waals surface area contributed by atoms with Crippen LogP contribution in [-0.4, -0.2) is 34.7 Å². The van der Waals surface area contributed by atoms with E-state index in [0.29, 0.717) is 18.0 Å². The lowest BCUT2D eigenvalue weighted by atomic mass is 10.2. The maximum absolute atomic E-state index is 12.7. The Balaban J connectivity index is 1.72. The molecule has 2 aromatic carbocycles. The first-order valence-corrected chi connectivity index (χ1v) is 9.51. The molecule has 3 rings (SSSR count). The van der Waals surface area contributed by atoms with E-state index in [-0.39, 0.29) is 36.9 Å². The van der Waals surface area contributed by atoms with Crippen LogP contribution in [0.3, 0.4) is 0 Å². The van der Waals surface area contributed by atoms with E-state index in [0.717, 1.165) is 11.0 Å². The number of carbonyl (C=O) groups is 2. The molecular weight excluding hydrogens is 388 g/mol. The van der Waals surface area contributed by atoms with E-state index < -0.39 is 5.91 Å². The summed E-state index contributed by atoms with van der Waals surface area (Å²) in [6, 6.07) is 12.3. The van der Waals surface area contributed by atoms with Gasteiger partial charge >= 0.3 is 5.69 Å². The molecule has 0 unspecified atom stereocenters. The highest BCUT2D eigenvalue weighted by Gasteiger charge is 2.14. The molecule has 0 aliphatic heterocycles. The van der Waals surface area contributed by atoms with Crippen molar-refractivity contribution in [3.05, 3.63) is 52.9 Å². The summed E-state index contributed by atoms with van der Waals surface area (Å²) in [4.78, 5) is 36.1. The van der Waals surface area contributed by atoms with Gasteiger partial charge in [-0.3, -0.25) is 18.7 Å². The number of fused-ring (bicyclic) bond motifs is 1. The first-order valence-electron chi connectivity index (χ1n) is 9.51. The van der Waals surface area contributed by atoms with Crippen LogP contribution in [0.4, 0.5) is 5.69 Å². The Labute approximate surface area is 173 Å². The number of nitrogens with zero attached hydrogens (tertiary/aromatic N) is 2. The number of hydrogen-bond donors (Lipinski definition) is 2. The van der Waals surface area contributed by atoms with Crippen molar-refractivity contribution in [3.8, 4) is 11.5 Å². The predicted octanol–water partition coefficient (Wildman–Crippen LogP) is 1.72. The van der Waals surface area contributed by atoms with E-state index >= 15 is 0 Å². The number of rotatable bonds is 9. The van der Waals surface area contributed by atoms with Crippen molar-refractivity contribution >= 4 is 28.5 Å². The second-order valence-corrected chi connectivity index (χ2v) is 6.59. The highest BCUT2D eigenvalue weighted by molar-refractivity contribution is 5.91. The molecule has 9 nitrogen and oxygen atoms in total. The Bertz CT molecular complexity index is 1130. The van der Waals surface area contributed by atoms with Gasteiger partial charge in [0.25, 0.3) is 5.91 Å². The van der Waals surface area contributed by atoms with Gasteiger partial charge in [0.1, 0.15) is 0 Å². The molecule has 0 radical (unpaired) electrons. The van der Waals surface area contributed by atoms with Gasteiger partial charge in [-0.05, 0) is 31.2 Å². The highest BCUT2D eigenvalue weighted by atomic mass is 16.5. The highest BCUT2D eigenvalue weighted by Crippen LogP contribution is 2.30. The molecule has 0 saturated heterocycles. The quantitative estimate of drug-likeness (QED) is 0.555. The van der Waals surface area contributed by atoms with Crippen LogP contribution in [0.1, 0.15) is 13.3 Å². The first kappa shape index (κ1) is 21.0. The Morgan fingerprint density at radius 1 is 1.07 bits per heavy atom. The molecule has 0 saturated carbocycles. The summed E-state index contributed by atoms with van der Waals surface area (Å²) in [6.45, 7) is 2.41. The van der Waals surface area contributed by atoms with E-state index in [9.17, 15) is 14.4 Å². The largest absolute Gasteiger partial charge is 0.493 e. The molecule has 2 amide bonds. The van der Waals surface area contributed by atoms with Crippen LogP contribution in [0.2, 0.25) is 0 Å². The van der Waals surface area contributed by atoms with Gasteiger partial charge in [-0.15, -0.1) is 0 Å². The lowest BCUT2D eigenvalue weighted by molar-refractivity contribution is -0.120. The summed E-state index contributed by atoms with van der Waals surface area (Å²) < 4.78 is 13.8. The SMILES string of the molecule is CCn1c(=O)n(CCC(=O)Nc2ccc(OC)c(OCC(N)=O)c2)c2ccccc21. The van der Waals surface area contributed by atoms with Crippen molar-refractivity contribution in [2.24, 2.45) is 5.73 Å². The number of para-hydroxylation sites is 2. The molecule has 158 valence electrons. The summed E-state index contributed by atoms with van der Waals surface area (Å²) in [5, 5.41) is 2.77. The number of anilines is 1. The zero-order valence-corrected chi connectivity index (χ0v) is 16.9. The standard InChI is InChI=1S/C21H24N4O5/c1-3-24-15-6-4-5-7-16(15)25(21(24)28)11-10-20(27)23-14-8-9-17(29-2)18(12-14)30-13-19(22)26/h4-9,12H,3,10-11,13H2,1-2H3,(H2,22,26)(H,23,27). The van der Waals surface area contributed by atoms with E-state index in [1.807, 2.05) is 31.2 Å². The number of aryl methyl sites for hydroxylation is 2. The zero-order chi connectivity index (χ0) is 21.7. The number of primary amides is 1. The number of imidazole rings is 1. The van der Waals surface area contributed by atoms with Crippen molar-refractivity contribution in [1.82, 2.24) is 9.13 Å². The van der Waals surface area contributed by atoms with Crippen LogP contribution in [0.25, 0.3) is 11.0 Å². The van der Waals surface area contributed by atoms with Gasteiger partial charge in [0.05, 0.1) is 18.1 Å². The molecule has 3 aromatic rings.